The molecule has 1 saturated heterocycles. The molecule has 1 aliphatic heterocycles. The number of carbonyl (C=O) groups is 3. The Hall–Kier alpha value is -2.48. The zero-order valence-corrected chi connectivity index (χ0v) is 17.9. The molecule has 0 bridgehead atoms. The predicted molar refractivity (Wildman–Crippen MR) is 115 cm³/mol. The van der Waals surface area contributed by atoms with E-state index in [1.807, 2.05) is 24.0 Å². The van der Waals surface area contributed by atoms with Crippen LogP contribution in [0.5, 0.6) is 0 Å². The number of aromatic nitrogens is 1. The summed E-state index contributed by atoms with van der Waals surface area (Å²) in [5, 5.41) is 8.27. The van der Waals surface area contributed by atoms with Gasteiger partial charge in [-0.3, -0.25) is 19.8 Å². The molecule has 3 rings (SSSR count). The Bertz CT molecular complexity index is 755. The Morgan fingerprint density at radius 1 is 1.10 bits per heavy atom. The number of piperidine rings is 1. The molecule has 0 spiro atoms. The summed E-state index contributed by atoms with van der Waals surface area (Å²) in [5.41, 5.74) is 1.04. The number of pyridine rings is 1. The second-order valence-electron chi connectivity index (χ2n) is 8.49. The molecule has 164 valence electrons. The average Bonchev–Trinajstić information content (AvgIpc) is 2.74. The summed E-state index contributed by atoms with van der Waals surface area (Å²) < 4.78 is 0. The Balaban J connectivity index is 1.41. The first-order valence-electron chi connectivity index (χ1n) is 11.0. The van der Waals surface area contributed by atoms with Crippen LogP contribution in [-0.4, -0.2) is 52.9 Å². The molecule has 1 aliphatic carbocycles. The number of imide groups is 1. The van der Waals surface area contributed by atoms with E-state index in [2.05, 4.69) is 20.9 Å². The van der Waals surface area contributed by atoms with E-state index in [4.69, 9.17) is 0 Å². The lowest BCUT2D eigenvalue weighted by Gasteiger charge is -2.34. The third-order valence-electron chi connectivity index (χ3n) is 6.17. The second kappa shape index (κ2) is 10.5. The molecule has 1 aromatic heterocycles. The minimum atomic E-state index is -0.412. The van der Waals surface area contributed by atoms with Gasteiger partial charge in [0.05, 0.1) is 6.04 Å². The molecule has 0 aromatic carbocycles. The lowest BCUT2D eigenvalue weighted by atomic mass is 9.95. The van der Waals surface area contributed by atoms with Crippen molar-refractivity contribution in [3.05, 3.63) is 23.9 Å². The lowest BCUT2D eigenvalue weighted by molar-refractivity contribution is -0.126. The van der Waals surface area contributed by atoms with Crippen LogP contribution in [0, 0.1) is 12.8 Å². The molecular weight excluding hydrogens is 382 g/mol. The van der Waals surface area contributed by atoms with Gasteiger partial charge in [-0.15, -0.1) is 0 Å². The molecule has 2 heterocycles. The van der Waals surface area contributed by atoms with Crippen molar-refractivity contribution < 1.29 is 14.4 Å². The van der Waals surface area contributed by atoms with Gasteiger partial charge in [0.25, 0.3) is 0 Å². The zero-order chi connectivity index (χ0) is 21.5. The molecule has 2 fully saturated rings. The monoisotopic (exact) mass is 415 g/mol. The molecule has 2 aliphatic rings. The van der Waals surface area contributed by atoms with Gasteiger partial charge in [0, 0.05) is 18.2 Å². The molecule has 4 amide bonds. The van der Waals surface area contributed by atoms with E-state index in [9.17, 15) is 14.4 Å². The number of hydrogen-bond donors (Lipinski definition) is 3. The maximum atomic E-state index is 12.5. The molecule has 0 radical (unpaired) electrons. The fraction of sp³-hybridized carbons (Fsp3) is 0.636. The van der Waals surface area contributed by atoms with Crippen molar-refractivity contribution in [3.63, 3.8) is 0 Å². The van der Waals surface area contributed by atoms with E-state index in [0.717, 1.165) is 31.2 Å². The van der Waals surface area contributed by atoms with Crippen LogP contribution in [0.15, 0.2) is 18.3 Å². The standard InChI is InChI=1S/C22H33N5O3/c1-15-8-11-23-19(14-15)25-21(29)17-9-12-27(13-10-17)16(2)20(28)26-22(30)24-18-6-4-3-5-7-18/h8,11,14,16-18H,3-7,9-10,12-13H2,1-2H3,(H,23,25,29)(H2,24,26,28,30). The van der Waals surface area contributed by atoms with Gasteiger partial charge in [-0.25, -0.2) is 9.78 Å². The Labute approximate surface area is 178 Å². The maximum Gasteiger partial charge on any atom is 0.321 e. The summed E-state index contributed by atoms with van der Waals surface area (Å²) in [5.74, 6) is 0.138. The van der Waals surface area contributed by atoms with Crippen molar-refractivity contribution in [3.8, 4) is 0 Å². The smallest absolute Gasteiger partial charge is 0.321 e. The van der Waals surface area contributed by atoms with Gasteiger partial charge in [-0.1, -0.05) is 19.3 Å². The number of likely N-dealkylation sites (tertiary alicyclic amines) is 1. The fourth-order valence-corrected chi connectivity index (χ4v) is 4.23. The van der Waals surface area contributed by atoms with E-state index in [1.165, 1.54) is 6.42 Å². The van der Waals surface area contributed by atoms with Gasteiger partial charge in [-0.05, 0) is 70.3 Å². The maximum absolute atomic E-state index is 12.5. The summed E-state index contributed by atoms with van der Waals surface area (Å²) in [6, 6.07) is 3.08. The molecule has 1 atom stereocenters. The number of rotatable bonds is 5. The van der Waals surface area contributed by atoms with E-state index >= 15 is 0 Å². The summed E-state index contributed by atoms with van der Waals surface area (Å²) in [7, 11) is 0. The first kappa shape index (κ1) is 22.2. The summed E-state index contributed by atoms with van der Waals surface area (Å²) in [4.78, 5) is 43.3. The molecule has 8 nitrogen and oxygen atoms in total. The van der Waals surface area contributed by atoms with Crippen molar-refractivity contribution >= 4 is 23.7 Å². The van der Waals surface area contributed by atoms with E-state index < -0.39 is 12.1 Å². The minimum absolute atomic E-state index is 0.0308. The van der Waals surface area contributed by atoms with Crippen molar-refractivity contribution in [1.82, 2.24) is 20.5 Å². The van der Waals surface area contributed by atoms with Crippen LogP contribution in [0.3, 0.4) is 0 Å². The highest BCUT2D eigenvalue weighted by Crippen LogP contribution is 2.21. The molecule has 30 heavy (non-hydrogen) atoms. The summed E-state index contributed by atoms with van der Waals surface area (Å²) >= 11 is 0. The van der Waals surface area contributed by atoms with Gasteiger partial charge in [0.2, 0.25) is 11.8 Å². The quantitative estimate of drug-likeness (QED) is 0.686. The Morgan fingerprint density at radius 2 is 1.80 bits per heavy atom. The molecule has 1 unspecified atom stereocenters. The van der Waals surface area contributed by atoms with Gasteiger partial charge in [-0.2, -0.15) is 0 Å². The first-order chi connectivity index (χ1) is 14.4. The third-order valence-corrected chi connectivity index (χ3v) is 6.17. The topological polar surface area (TPSA) is 103 Å². The number of amides is 4. The molecule has 8 heteroatoms. The lowest BCUT2D eigenvalue weighted by Crippen LogP contribution is -2.53. The van der Waals surface area contributed by atoms with Crippen molar-refractivity contribution in [2.45, 2.75) is 70.9 Å². The zero-order valence-electron chi connectivity index (χ0n) is 17.9. The molecule has 1 saturated carbocycles. The first-order valence-corrected chi connectivity index (χ1v) is 11.0. The molecule has 1 aromatic rings. The van der Waals surface area contributed by atoms with E-state index in [1.54, 1.807) is 13.1 Å². The highest BCUT2D eigenvalue weighted by atomic mass is 16.2. The number of hydrogen-bond acceptors (Lipinski definition) is 5. The SMILES string of the molecule is Cc1ccnc(NC(=O)C2CCN(C(C)C(=O)NC(=O)NC3CCCCC3)CC2)c1. The van der Waals surface area contributed by atoms with Gasteiger partial charge in [0.1, 0.15) is 5.82 Å². The minimum Gasteiger partial charge on any atom is -0.335 e. The van der Waals surface area contributed by atoms with Gasteiger partial charge >= 0.3 is 6.03 Å². The van der Waals surface area contributed by atoms with Gasteiger partial charge < -0.3 is 10.6 Å². The number of nitrogens with zero attached hydrogens (tertiary/aromatic N) is 2. The van der Waals surface area contributed by atoms with E-state index in [0.29, 0.717) is 31.7 Å². The van der Waals surface area contributed by atoms with Crippen LogP contribution >= 0.6 is 0 Å². The van der Waals surface area contributed by atoms with Crippen molar-refractivity contribution in [1.29, 1.82) is 0 Å². The summed E-state index contributed by atoms with van der Waals surface area (Å²) in [6.07, 6.45) is 8.43. The highest BCUT2D eigenvalue weighted by molar-refractivity contribution is 5.97. The van der Waals surface area contributed by atoms with Crippen molar-refractivity contribution in [2.24, 2.45) is 5.92 Å². The van der Waals surface area contributed by atoms with E-state index in [-0.39, 0.29) is 23.8 Å². The van der Waals surface area contributed by atoms with Crippen LogP contribution in [0.25, 0.3) is 0 Å². The Morgan fingerprint density at radius 3 is 2.47 bits per heavy atom. The number of carbonyl (C=O) groups excluding carboxylic acids is 3. The average molecular weight is 416 g/mol. The Kier molecular flexibility index (Phi) is 7.79. The van der Waals surface area contributed by atoms with Crippen LogP contribution in [-0.2, 0) is 9.59 Å². The largest absolute Gasteiger partial charge is 0.335 e. The van der Waals surface area contributed by atoms with Crippen LogP contribution in [0.2, 0.25) is 0 Å². The highest BCUT2D eigenvalue weighted by Gasteiger charge is 2.30. The summed E-state index contributed by atoms with van der Waals surface area (Å²) in [6.45, 7) is 5.04. The molecule has 3 N–H and O–H groups in total. The molecular formula is C22H33N5O3. The number of anilines is 1. The second-order valence-corrected chi connectivity index (χ2v) is 8.49. The fourth-order valence-electron chi connectivity index (χ4n) is 4.23. The predicted octanol–water partition coefficient (Wildman–Crippen LogP) is 2.59. The van der Waals surface area contributed by atoms with Crippen LogP contribution in [0.4, 0.5) is 10.6 Å². The number of aryl methyl sites for hydroxylation is 1. The van der Waals surface area contributed by atoms with Crippen LogP contribution < -0.4 is 16.0 Å². The number of nitrogens with one attached hydrogen (secondary N) is 3. The normalized spacial score (nSPS) is 19.7. The van der Waals surface area contributed by atoms with Crippen LogP contribution in [0.1, 0.15) is 57.4 Å². The third kappa shape index (κ3) is 6.26. The van der Waals surface area contributed by atoms with Crippen molar-refractivity contribution in [2.75, 3.05) is 18.4 Å². The van der Waals surface area contributed by atoms with Gasteiger partial charge in [0.15, 0.2) is 0 Å². The number of urea groups is 1.